The highest BCUT2D eigenvalue weighted by molar-refractivity contribution is 7.14. The lowest BCUT2D eigenvalue weighted by molar-refractivity contribution is 0.264. The van der Waals surface area contributed by atoms with Gasteiger partial charge in [-0.1, -0.05) is 25.5 Å². The Bertz CT molecular complexity index is 710. The standard InChI is InChI=1S/C19H25N3OS/c1-4-5-15-6-7-17(14(2)12-15)23-10-9-20-18-16-8-11-24-19(16)21-13-22(18)3/h6-8,11-13,18,20H,4-5,9-10H2,1-3H3. The molecular formula is C19H25N3OS. The largest absolute Gasteiger partial charge is 0.492 e. The minimum Gasteiger partial charge on any atom is -0.492 e. The third kappa shape index (κ3) is 3.79. The van der Waals surface area contributed by atoms with Gasteiger partial charge in [0.05, 0.1) is 6.34 Å². The van der Waals surface area contributed by atoms with Crippen LogP contribution in [0.15, 0.2) is 34.6 Å². The summed E-state index contributed by atoms with van der Waals surface area (Å²) >= 11 is 1.68. The summed E-state index contributed by atoms with van der Waals surface area (Å²) in [7, 11) is 2.04. The van der Waals surface area contributed by atoms with Gasteiger partial charge in [-0.05, 0) is 42.0 Å². The number of aryl methyl sites for hydroxylation is 2. The number of hydrogen-bond acceptors (Lipinski definition) is 5. The Labute approximate surface area is 148 Å². The Morgan fingerprint density at radius 1 is 1.33 bits per heavy atom. The first-order valence-corrected chi connectivity index (χ1v) is 9.36. The summed E-state index contributed by atoms with van der Waals surface area (Å²) in [4.78, 5) is 6.54. The zero-order chi connectivity index (χ0) is 16.9. The Morgan fingerprint density at radius 3 is 3.00 bits per heavy atom. The Hall–Kier alpha value is -1.85. The molecule has 0 fully saturated rings. The maximum atomic E-state index is 5.95. The van der Waals surface area contributed by atoms with Crippen LogP contribution in [0.25, 0.3) is 0 Å². The summed E-state index contributed by atoms with van der Waals surface area (Å²) in [5.74, 6) is 0.978. The molecule has 0 radical (unpaired) electrons. The number of hydrogen-bond donors (Lipinski definition) is 1. The van der Waals surface area contributed by atoms with E-state index in [1.807, 2.05) is 13.4 Å². The first-order valence-electron chi connectivity index (χ1n) is 8.48. The molecule has 2 heterocycles. The van der Waals surface area contributed by atoms with Crippen LogP contribution in [0.2, 0.25) is 0 Å². The Balaban J connectivity index is 1.52. The van der Waals surface area contributed by atoms with Crippen LogP contribution in [0.3, 0.4) is 0 Å². The fourth-order valence-electron chi connectivity index (χ4n) is 2.98. The van der Waals surface area contributed by atoms with Gasteiger partial charge in [-0.25, -0.2) is 4.99 Å². The van der Waals surface area contributed by atoms with Crippen LogP contribution in [0, 0.1) is 6.92 Å². The quantitative estimate of drug-likeness (QED) is 0.762. The van der Waals surface area contributed by atoms with E-state index < -0.39 is 0 Å². The van der Waals surface area contributed by atoms with Crippen molar-refractivity contribution in [2.75, 3.05) is 20.2 Å². The number of nitrogens with one attached hydrogen (secondary N) is 1. The van der Waals surface area contributed by atoms with Crippen molar-refractivity contribution in [2.45, 2.75) is 32.9 Å². The Kier molecular flexibility index (Phi) is 5.53. The van der Waals surface area contributed by atoms with Crippen LogP contribution < -0.4 is 10.1 Å². The van der Waals surface area contributed by atoms with Gasteiger partial charge in [0.2, 0.25) is 0 Å². The van der Waals surface area contributed by atoms with E-state index in [0.717, 1.165) is 23.7 Å². The van der Waals surface area contributed by atoms with Gasteiger partial charge in [0.15, 0.2) is 0 Å². The highest BCUT2D eigenvalue weighted by Crippen LogP contribution is 2.35. The third-order valence-corrected chi connectivity index (χ3v) is 5.05. The van der Waals surface area contributed by atoms with E-state index in [2.05, 4.69) is 58.7 Å². The summed E-state index contributed by atoms with van der Waals surface area (Å²) in [5, 5.41) is 6.73. The highest BCUT2D eigenvalue weighted by atomic mass is 32.1. The molecule has 1 unspecified atom stereocenters. The molecule has 2 aromatic rings. The summed E-state index contributed by atoms with van der Waals surface area (Å²) in [5.41, 5.74) is 3.83. The van der Waals surface area contributed by atoms with Gasteiger partial charge in [0.1, 0.15) is 23.5 Å². The molecule has 3 rings (SSSR count). The maximum absolute atomic E-state index is 5.95. The van der Waals surface area contributed by atoms with Crippen molar-refractivity contribution < 1.29 is 4.74 Å². The lowest BCUT2D eigenvalue weighted by Gasteiger charge is -2.30. The van der Waals surface area contributed by atoms with E-state index in [0.29, 0.717) is 6.61 Å². The van der Waals surface area contributed by atoms with Gasteiger partial charge >= 0.3 is 0 Å². The zero-order valence-electron chi connectivity index (χ0n) is 14.6. The normalized spacial score (nSPS) is 16.3. The third-order valence-electron chi connectivity index (χ3n) is 4.21. The SMILES string of the molecule is CCCc1ccc(OCCNC2c3ccsc3N=CN2C)c(C)c1. The minimum atomic E-state index is 0.167. The van der Waals surface area contributed by atoms with E-state index in [1.54, 1.807) is 11.3 Å². The van der Waals surface area contributed by atoms with Crippen molar-refractivity contribution in [1.29, 1.82) is 0 Å². The van der Waals surface area contributed by atoms with Crippen molar-refractivity contribution in [1.82, 2.24) is 10.2 Å². The van der Waals surface area contributed by atoms with Gasteiger partial charge in [-0.3, -0.25) is 5.32 Å². The fourth-order valence-corrected chi connectivity index (χ4v) is 3.75. The van der Waals surface area contributed by atoms with Crippen LogP contribution >= 0.6 is 11.3 Å². The molecule has 128 valence electrons. The average molecular weight is 343 g/mol. The lowest BCUT2D eigenvalue weighted by Crippen LogP contribution is -2.38. The van der Waals surface area contributed by atoms with Crippen molar-refractivity contribution >= 4 is 22.7 Å². The topological polar surface area (TPSA) is 36.9 Å². The number of thiophene rings is 1. The van der Waals surface area contributed by atoms with E-state index >= 15 is 0 Å². The van der Waals surface area contributed by atoms with Gasteiger partial charge in [-0.2, -0.15) is 0 Å². The second-order valence-electron chi connectivity index (χ2n) is 6.15. The van der Waals surface area contributed by atoms with Crippen molar-refractivity contribution in [3.63, 3.8) is 0 Å². The number of nitrogens with zero attached hydrogens (tertiary/aromatic N) is 2. The molecular weight excluding hydrogens is 318 g/mol. The van der Waals surface area contributed by atoms with Crippen LogP contribution in [-0.4, -0.2) is 31.4 Å². The van der Waals surface area contributed by atoms with Gasteiger partial charge in [-0.15, -0.1) is 11.3 Å². The predicted molar refractivity (Wildman–Crippen MR) is 102 cm³/mol. The van der Waals surface area contributed by atoms with Crippen LogP contribution in [0.4, 0.5) is 5.00 Å². The minimum absolute atomic E-state index is 0.167. The first-order chi connectivity index (χ1) is 11.7. The molecule has 1 N–H and O–H groups in total. The smallest absolute Gasteiger partial charge is 0.124 e. The molecule has 0 spiro atoms. The van der Waals surface area contributed by atoms with E-state index in [-0.39, 0.29) is 6.17 Å². The predicted octanol–water partition coefficient (Wildman–Crippen LogP) is 4.28. The van der Waals surface area contributed by atoms with Crippen molar-refractivity contribution in [3.05, 3.63) is 46.3 Å². The molecule has 24 heavy (non-hydrogen) atoms. The molecule has 1 aliphatic rings. The number of fused-ring (bicyclic) bond motifs is 1. The lowest BCUT2D eigenvalue weighted by atomic mass is 10.1. The monoisotopic (exact) mass is 343 g/mol. The molecule has 0 saturated heterocycles. The molecule has 0 saturated carbocycles. The van der Waals surface area contributed by atoms with Crippen LogP contribution in [0.1, 0.15) is 36.2 Å². The van der Waals surface area contributed by atoms with Crippen LogP contribution in [0.5, 0.6) is 5.75 Å². The number of aliphatic imine (C=N–C) groups is 1. The summed E-state index contributed by atoms with van der Waals surface area (Å²) < 4.78 is 5.95. The molecule has 1 atom stereocenters. The molecule has 1 aromatic heterocycles. The highest BCUT2D eigenvalue weighted by Gasteiger charge is 2.22. The molecule has 0 amide bonds. The van der Waals surface area contributed by atoms with Crippen molar-refractivity contribution in [2.24, 2.45) is 4.99 Å². The maximum Gasteiger partial charge on any atom is 0.124 e. The number of ether oxygens (including phenoxy) is 1. The number of rotatable bonds is 7. The van der Waals surface area contributed by atoms with Crippen molar-refractivity contribution in [3.8, 4) is 5.75 Å². The molecule has 0 aliphatic carbocycles. The summed E-state index contributed by atoms with van der Waals surface area (Å²) in [6.45, 7) is 5.76. The molecule has 1 aliphatic heterocycles. The van der Waals surface area contributed by atoms with Crippen LogP contribution in [-0.2, 0) is 6.42 Å². The molecule has 4 nitrogen and oxygen atoms in total. The zero-order valence-corrected chi connectivity index (χ0v) is 15.4. The van der Waals surface area contributed by atoms with E-state index in [4.69, 9.17) is 4.74 Å². The Morgan fingerprint density at radius 2 is 2.21 bits per heavy atom. The summed E-state index contributed by atoms with van der Waals surface area (Å²) in [6, 6.07) is 8.64. The summed E-state index contributed by atoms with van der Waals surface area (Å²) in [6.07, 6.45) is 4.35. The second-order valence-corrected chi connectivity index (χ2v) is 7.04. The van der Waals surface area contributed by atoms with E-state index in [9.17, 15) is 0 Å². The number of benzene rings is 1. The molecule has 1 aromatic carbocycles. The fraction of sp³-hybridized carbons (Fsp3) is 0.421. The first kappa shape index (κ1) is 17.0. The van der Waals surface area contributed by atoms with E-state index in [1.165, 1.54) is 23.1 Å². The van der Waals surface area contributed by atoms with Gasteiger partial charge < -0.3 is 9.64 Å². The van der Waals surface area contributed by atoms with Gasteiger partial charge in [0, 0.05) is 19.2 Å². The average Bonchev–Trinajstić information content (AvgIpc) is 3.04. The molecule has 5 heteroatoms. The molecule has 0 bridgehead atoms. The van der Waals surface area contributed by atoms with Gasteiger partial charge in [0.25, 0.3) is 0 Å². The second kappa shape index (κ2) is 7.81.